The summed E-state index contributed by atoms with van der Waals surface area (Å²) in [6, 6.07) is 17.7. The van der Waals surface area contributed by atoms with Crippen LogP contribution in [-0.4, -0.2) is 52.4 Å². The van der Waals surface area contributed by atoms with Gasteiger partial charge in [0.15, 0.2) is 0 Å². The first kappa shape index (κ1) is 27.2. The highest BCUT2D eigenvalue weighted by Crippen LogP contribution is 2.34. The number of fused-ring (bicyclic) bond motifs is 1. The number of nitriles is 1. The molecule has 4 aromatic rings. The third kappa shape index (κ3) is 6.19. The minimum Gasteiger partial charge on any atom is -0.350 e. The lowest BCUT2D eigenvalue weighted by molar-refractivity contribution is -0.124. The van der Waals surface area contributed by atoms with Gasteiger partial charge in [0.25, 0.3) is 5.91 Å². The van der Waals surface area contributed by atoms with Crippen LogP contribution in [0.25, 0.3) is 10.1 Å². The topological polar surface area (TPSA) is 94.3 Å². The third-order valence-electron chi connectivity index (χ3n) is 8.22. The fourth-order valence-corrected chi connectivity index (χ4v) is 6.53. The zero-order chi connectivity index (χ0) is 28.2. The molecule has 1 N–H and O–H groups in total. The number of hydrogen-bond donors (Lipinski definition) is 1. The summed E-state index contributed by atoms with van der Waals surface area (Å²) < 4.78 is 3.08. The highest BCUT2D eigenvalue weighted by Gasteiger charge is 2.31. The van der Waals surface area contributed by atoms with Crippen molar-refractivity contribution < 1.29 is 9.59 Å². The molecule has 0 bridgehead atoms. The van der Waals surface area contributed by atoms with Crippen LogP contribution in [0.3, 0.4) is 0 Å². The second-order valence-electron chi connectivity index (χ2n) is 11.0. The standard InChI is InChI=1S/C32H34N6O2S/c33-18-23-6-8-24(9-7-23)20-37-22-34-19-28(37)21-38(32(40)25-4-3-5-25)27-10-11-29-26(16-27)17-30(41-29)31(39)35-12-15-36-13-1-2-14-36/h6-11,16-17,19,22,25H,1-5,12-15,20-21H2,(H,35,39). The predicted molar refractivity (Wildman–Crippen MR) is 161 cm³/mol. The fraction of sp³-hybridized carbons (Fsp3) is 0.375. The molecule has 1 aliphatic heterocycles. The van der Waals surface area contributed by atoms with E-state index in [0.29, 0.717) is 30.1 Å². The van der Waals surface area contributed by atoms with Crippen molar-refractivity contribution in [2.45, 2.75) is 45.2 Å². The van der Waals surface area contributed by atoms with Crippen LogP contribution in [0.15, 0.2) is 61.1 Å². The molecule has 2 amide bonds. The van der Waals surface area contributed by atoms with Gasteiger partial charge in [0.1, 0.15) is 0 Å². The Morgan fingerprint density at radius 2 is 1.88 bits per heavy atom. The second-order valence-corrected chi connectivity index (χ2v) is 12.1. The van der Waals surface area contributed by atoms with Crippen LogP contribution in [0, 0.1) is 17.2 Å². The molecule has 6 rings (SSSR count). The maximum absolute atomic E-state index is 13.7. The van der Waals surface area contributed by atoms with Crippen molar-refractivity contribution in [1.82, 2.24) is 19.8 Å². The van der Waals surface area contributed by atoms with Crippen LogP contribution in [0.2, 0.25) is 0 Å². The van der Waals surface area contributed by atoms with E-state index in [4.69, 9.17) is 5.26 Å². The fourth-order valence-electron chi connectivity index (χ4n) is 5.57. The molecule has 0 spiro atoms. The van der Waals surface area contributed by atoms with E-state index in [0.717, 1.165) is 65.9 Å². The Morgan fingerprint density at radius 3 is 2.61 bits per heavy atom. The molecule has 0 unspecified atom stereocenters. The summed E-state index contributed by atoms with van der Waals surface area (Å²) in [4.78, 5) is 35.9. The van der Waals surface area contributed by atoms with Gasteiger partial charge in [-0.1, -0.05) is 18.6 Å². The predicted octanol–water partition coefficient (Wildman–Crippen LogP) is 5.18. The van der Waals surface area contributed by atoms with E-state index in [2.05, 4.69) is 25.8 Å². The molecule has 2 aliphatic rings. The van der Waals surface area contributed by atoms with Gasteiger partial charge < -0.3 is 19.7 Å². The maximum Gasteiger partial charge on any atom is 0.261 e. The number of carbonyl (C=O) groups is 2. The minimum atomic E-state index is -0.0407. The summed E-state index contributed by atoms with van der Waals surface area (Å²) in [6.07, 6.45) is 9.01. The summed E-state index contributed by atoms with van der Waals surface area (Å²) in [5.41, 5.74) is 3.46. The zero-order valence-corrected chi connectivity index (χ0v) is 23.9. The minimum absolute atomic E-state index is 0.0407. The largest absolute Gasteiger partial charge is 0.350 e. The summed E-state index contributed by atoms with van der Waals surface area (Å²) >= 11 is 1.49. The van der Waals surface area contributed by atoms with Gasteiger partial charge in [0.05, 0.1) is 35.1 Å². The molecular formula is C32H34N6O2S. The number of amides is 2. The van der Waals surface area contributed by atoms with Crippen molar-refractivity contribution in [2.24, 2.45) is 5.92 Å². The Hall–Kier alpha value is -4.00. The van der Waals surface area contributed by atoms with Gasteiger partial charge in [-0.15, -0.1) is 11.3 Å². The van der Waals surface area contributed by atoms with E-state index in [9.17, 15) is 9.59 Å². The van der Waals surface area contributed by atoms with E-state index >= 15 is 0 Å². The van der Waals surface area contributed by atoms with Gasteiger partial charge in [-0.25, -0.2) is 4.98 Å². The number of hydrogen-bond acceptors (Lipinski definition) is 6. The van der Waals surface area contributed by atoms with Crippen molar-refractivity contribution in [2.75, 3.05) is 31.1 Å². The van der Waals surface area contributed by atoms with Crippen molar-refractivity contribution in [3.63, 3.8) is 0 Å². The second kappa shape index (κ2) is 12.2. The molecule has 8 nitrogen and oxygen atoms in total. The molecule has 2 fully saturated rings. The van der Waals surface area contributed by atoms with Crippen LogP contribution < -0.4 is 10.2 Å². The first-order chi connectivity index (χ1) is 20.1. The number of rotatable bonds is 10. The lowest BCUT2D eigenvalue weighted by Crippen LogP contribution is -2.39. The molecule has 9 heteroatoms. The van der Waals surface area contributed by atoms with Gasteiger partial charge in [0.2, 0.25) is 5.91 Å². The van der Waals surface area contributed by atoms with Crippen LogP contribution in [-0.2, 0) is 17.9 Å². The highest BCUT2D eigenvalue weighted by molar-refractivity contribution is 7.20. The SMILES string of the molecule is N#Cc1ccc(Cn2cncc2CN(C(=O)C2CCC2)c2ccc3sc(C(=O)NCCN4CCCC4)cc3c2)cc1. The number of nitrogens with zero attached hydrogens (tertiary/aromatic N) is 5. The molecule has 1 saturated heterocycles. The van der Waals surface area contributed by atoms with Gasteiger partial charge in [-0.05, 0) is 86.1 Å². The summed E-state index contributed by atoms with van der Waals surface area (Å²) in [7, 11) is 0. The summed E-state index contributed by atoms with van der Waals surface area (Å²) in [5.74, 6) is 0.137. The molecule has 3 heterocycles. The number of anilines is 1. The molecule has 2 aromatic carbocycles. The van der Waals surface area contributed by atoms with E-state index < -0.39 is 0 Å². The molecule has 1 saturated carbocycles. The normalized spacial score (nSPS) is 15.5. The van der Waals surface area contributed by atoms with E-state index in [-0.39, 0.29) is 17.7 Å². The number of likely N-dealkylation sites (tertiary alicyclic amines) is 1. The quantitative estimate of drug-likeness (QED) is 0.286. The van der Waals surface area contributed by atoms with Gasteiger partial charge in [0, 0.05) is 42.1 Å². The average Bonchev–Trinajstić information content (AvgIpc) is 3.72. The van der Waals surface area contributed by atoms with Crippen LogP contribution >= 0.6 is 11.3 Å². The maximum atomic E-state index is 13.7. The Morgan fingerprint density at radius 1 is 1.07 bits per heavy atom. The third-order valence-corrected chi connectivity index (χ3v) is 9.34. The van der Waals surface area contributed by atoms with E-state index in [1.165, 1.54) is 24.2 Å². The number of carbonyl (C=O) groups excluding carboxylic acids is 2. The van der Waals surface area contributed by atoms with Crippen molar-refractivity contribution in [3.05, 3.63) is 82.8 Å². The number of imidazole rings is 1. The zero-order valence-electron chi connectivity index (χ0n) is 23.1. The average molecular weight is 567 g/mol. The first-order valence-electron chi connectivity index (χ1n) is 14.4. The number of aromatic nitrogens is 2. The Kier molecular flexibility index (Phi) is 8.12. The lowest BCUT2D eigenvalue weighted by Gasteiger charge is -2.32. The summed E-state index contributed by atoms with van der Waals surface area (Å²) in [5, 5.41) is 13.1. The van der Waals surface area contributed by atoms with Crippen molar-refractivity contribution in [1.29, 1.82) is 5.26 Å². The molecule has 0 atom stereocenters. The lowest BCUT2D eigenvalue weighted by atomic mass is 9.84. The molecule has 41 heavy (non-hydrogen) atoms. The Labute approximate surface area is 244 Å². The van der Waals surface area contributed by atoms with Gasteiger partial charge in [-0.3, -0.25) is 9.59 Å². The molecular weight excluding hydrogens is 532 g/mol. The van der Waals surface area contributed by atoms with Crippen molar-refractivity contribution in [3.8, 4) is 6.07 Å². The smallest absolute Gasteiger partial charge is 0.261 e. The summed E-state index contributed by atoms with van der Waals surface area (Å²) in [6.45, 7) is 4.79. The van der Waals surface area contributed by atoms with Gasteiger partial charge >= 0.3 is 0 Å². The van der Waals surface area contributed by atoms with Crippen LogP contribution in [0.5, 0.6) is 0 Å². The monoisotopic (exact) mass is 566 g/mol. The van der Waals surface area contributed by atoms with E-state index in [1.807, 2.05) is 59.6 Å². The molecule has 1 aliphatic carbocycles. The highest BCUT2D eigenvalue weighted by atomic mass is 32.1. The first-order valence-corrected chi connectivity index (χ1v) is 15.2. The van der Waals surface area contributed by atoms with Crippen LogP contribution in [0.4, 0.5) is 5.69 Å². The number of thiophene rings is 1. The van der Waals surface area contributed by atoms with Gasteiger partial charge in [-0.2, -0.15) is 5.26 Å². The Bertz CT molecular complexity index is 1570. The molecule has 2 aromatic heterocycles. The Balaban J connectivity index is 1.20. The number of nitrogens with one attached hydrogen (secondary N) is 1. The van der Waals surface area contributed by atoms with E-state index in [1.54, 1.807) is 6.33 Å². The molecule has 0 radical (unpaired) electrons. The molecule has 210 valence electrons. The number of benzene rings is 2. The van der Waals surface area contributed by atoms with Crippen molar-refractivity contribution >= 4 is 38.9 Å². The van der Waals surface area contributed by atoms with Crippen LogP contribution in [0.1, 0.15) is 58.6 Å².